The largest absolute Gasteiger partial charge is 0.397 e. The second kappa shape index (κ2) is 4.08. The van der Waals surface area contributed by atoms with Crippen molar-refractivity contribution in [3.05, 3.63) is 0 Å². The zero-order valence-electron chi connectivity index (χ0n) is 4.74. The number of hydrogen-bond acceptors (Lipinski definition) is 2. The molecule has 6 heteroatoms. The molecular weight excluding hydrogens is 189 g/mol. The molecule has 10 heavy (non-hydrogen) atoms. The second-order valence-electron chi connectivity index (χ2n) is 1.46. The van der Waals surface area contributed by atoms with Crippen molar-refractivity contribution in [1.29, 1.82) is 0 Å². The van der Waals surface area contributed by atoms with E-state index >= 15 is 0 Å². The van der Waals surface area contributed by atoms with Crippen LogP contribution in [-0.4, -0.2) is 22.9 Å². The molecule has 0 atom stereocenters. The number of rotatable bonds is 3. The lowest BCUT2D eigenvalue weighted by molar-refractivity contribution is -0.109. The van der Waals surface area contributed by atoms with Gasteiger partial charge in [0.1, 0.15) is 0 Å². The van der Waals surface area contributed by atoms with Crippen LogP contribution in [0.3, 0.4) is 0 Å². The summed E-state index contributed by atoms with van der Waals surface area (Å²) in [6, 6.07) is 0. The van der Waals surface area contributed by atoms with Crippen LogP contribution in [0, 0.1) is 0 Å². The molecule has 0 radical (unpaired) electrons. The van der Waals surface area contributed by atoms with Gasteiger partial charge in [0.05, 0.1) is 11.5 Å². The Morgan fingerprint density at radius 2 is 2.00 bits per heavy atom. The van der Waals surface area contributed by atoms with Gasteiger partial charge in [-0.1, -0.05) is 0 Å². The third-order valence-electron chi connectivity index (χ3n) is 0.481. The average Bonchev–Trinajstić information content (AvgIpc) is 1.59. The van der Waals surface area contributed by atoms with E-state index in [0.717, 1.165) is 0 Å². The number of halogens is 4. The molecule has 0 bridgehead atoms. The van der Waals surface area contributed by atoms with Crippen LogP contribution in [-0.2, 0) is 4.79 Å². The molecule has 0 aromatic carbocycles. The Balaban J connectivity index is 3.29. The van der Waals surface area contributed by atoms with Gasteiger partial charge in [0, 0.05) is 0 Å². The van der Waals surface area contributed by atoms with Crippen LogP contribution in [0.15, 0.2) is 0 Å². The number of hydrogen-bond donors (Lipinski definition) is 0. The summed E-state index contributed by atoms with van der Waals surface area (Å²) in [6.07, 6.45) is -4.21. The minimum Gasteiger partial charge on any atom is -0.280 e. The van der Waals surface area contributed by atoms with Crippen molar-refractivity contribution >= 4 is 28.6 Å². The van der Waals surface area contributed by atoms with Crippen LogP contribution in [0.5, 0.6) is 0 Å². The van der Waals surface area contributed by atoms with Gasteiger partial charge in [0.25, 0.3) is 0 Å². The third-order valence-corrected chi connectivity index (χ3v) is 1.77. The number of carbonyl (C=O) groups is 1. The van der Waals surface area contributed by atoms with E-state index in [2.05, 4.69) is 0 Å². The molecule has 0 aliphatic heterocycles. The maximum Gasteiger partial charge on any atom is 0.397 e. The van der Waals surface area contributed by atoms with Gasteiger partial charge in [-0.2, -0.15) is 13.2 Å². The summed E-state index contributed by atoms with van der Waals surface area (Å²) in [4.78, 5) is 9.91. The molecule has 0 heterocycles. The van der Waals surface area contributed by atoms with Crippen molar-refractivity contribution in [1.82, 2.24) is 0 Å². The van der Waals surface area contributed by atoms with E-state index in [4.69, 9.17) is 11.6 Å². The summed E-state index contributed by atoms with van der Waals surface area (Å²) in [5, 5.41) is -0.755. The van der Waals surface area contributed by atoms with Crippen LogP contribution in [0.25, 0.3) is 0 Å². The molecule has 0 saturated heterocycles. The van der Waals surface area contributed by atoms with Gasteiger partial charge in [0.2, 0.25) is 5.24 Å². The van der Waals surface area contributed by atoms with Crippen LogP contribution in [0.2, 0.25) is 0 Å². The lowest BCUT2D eigenvalue weighted by Crippen LogP contribution is -2.11. The maximum absolute atomic E-state index is 11.3. The van der Waals surface area contributed by atoms with E-state index in [1.165, 1.54) is 0 Å². The van der Waals surface area contributed by atoms with E-state index in [-0.39, 0.29) is 5.75 Å². The van der Waals surface area contributed by atoms with Gasteiger partial charge in [-0.3, -0.25) is 4.79 Å². The highest BCUT2D eigenvalue weighted by Crippen LogP contribution is 2.20. The Morgan fingerprint density at radius 1 is 1.50 bits per heavy atom. The fourth-order valence-electron chi connectivity index (χ4n) is 0.247. The quantitative estimate of drug-likeness (QED) is 0.637. The minimum absolute atomic E-state index is 0.291. The molecule has 0 aliphatic rings. The van der Waals surface area contributed by atoms with Crippen LogP contribution in [0.1, 0.15) is 0 Å². The Labute approximate surface area is 64.9 Å². The predicted octanol–water partition coefficient (Wildman–Crippen LogP) is 2.05. The number of thioether (sulfide) groups is 1. The molecule has 0 spiro atoms. The fraction of sp³-hybridized carbons (Fsp3) is 0.750. The minimum atomic E-state index is -4.21. The van der Waals surface area contributed by atoms with E-state index in [9.17, 15) is 18.0 Å². The SMILES string of the molecule is O=C(Cl)CSCC(F)(F)F. The lowest BCUT2D eigenvalue weighted by atomic mass is 10.8. The lowest BCUT2D eigenvalue weighted by Gasteiger charge is -2.02. The van der Waals surface area contributed by atoms with Gasteiger partial charge in [-0.25, -0.2) is 0 Å². The van der Waals surface area contributed by atoms with Gasteiger partial charge >= 0.3 is 6.18 Å². The normalized spacial score (nSPS) is 11.6. The third kappa shape index (κ3) is 8.10. The predicted molar refractivity (Wildman–Crippen MR) is 34.2 cm³/mol. The molecule has 0 fully saturated rings. The first-order chi connectivity index (χ1) is 4.42. The van der Waals surface area contributed by atoms with Crippen LogP contribution < -0.4 is 0 Å². The molecule has 1 nitrogen and oxygen atoms in total. The average molecular weight is 193 g/mol. The van der Waals surface area contributed by atoms with E-state index < -0.39 is 17.2 Å². The summed E-state index contributed by atoms with van der Waals surface area (Å²) in [6.45, 7) is 0. The van der Waals surface area contributed by atoms with Crippen LogP contribution >= 0.6 is 23.4 Å². The number of carbonyl (C=O) groups excluding carboxylic acids is 1. The smallest absolute Gasteiger partial charge is 0.280 e. The van der Waals surface area contributed by atoms with Crippen molar-refractivity contribution in [3.8, 4) is 0 Å². The summed E-state index contributed by atoms with van der Waals surface area (Å²) in [5.74, 6) is -1.31. The van der Waals surface area contributed by atoms with E-state index in [1.54, 1.807) is 0 Å². The van der Waals surface area contributed by atoms with Crippen molar-refractivity contribution in [3.63, 3.8) is 0 Å². The van der Waals surface area contributed by atoms with Crippen molar-refractivity contribution in [2.75, 3.05) is 11.5 Å². The fourth-order valence-corrected chi connectivity index (χ4v) is 0.972. The van der Waals surface area contributed by atoms with Gasteiger partial charge in [0.15, 0.2) is 0 Å². The molecule has 0 unspecified atom stereocenters. The molecular formula is C4H4ClF3OS. The highest BCUT2D eigenvalue weighted by molar-refractivity contribution is 8.00. The Kier molecular flexibility index (Phi) is 4.12. The molecule has 0 N–H and O–H groups in total. The molecule has 0 aromatic heterocycles. The summed E-state index contributed by atoms with van der Waals surface area (Å²) >= 11 is 5.24. The van der Waals surface area contributed by atoms with Crippen molar-refractivity contribution in [2.24, 2.45) is 0 Å². The first kappa shape index (κ1) is 10.1. The highest BCUT2D eigenvalue weighted by atomic mass is 35.5. The zero-order chi connectivity index (χ0) is 8.20. The van der Waals surface area contributed by atoms with E-state index in [1.807, 2.05) is 0 Å². The molecule has 0 rings (SSSR count). The maximum atomic E-state index is 11.3. The molecule has 60 valence electrons. The van der Waals surface area contributed by atoms with Gasteiger partial charge in [-0.05, 0) is 11.6 Å². The molecule has 0 amide bonds. The van der Waals surface area contributed by atoms with Crippen molar-refractivity contribution in [2.45, 2.75) is 6.18 Å². The standard InChI is InChI=1S/C4H4ClF3OS/c5-3(9)1-10-2-4(6,7)8/h1-2H2. The topological polar surface area (TPSA) is 17.1 Å². The highest BCUT2D eigenvalue weighted by Gasteiger charge is 2.26. The first-order valence-electron chi connectivity index (χ1n) is 2.24. The number of alkyl halides is 3. The zero-order valence-corrected chi connectivity index (χ0v) is 6.31. The first-order valence-corrected chi connectivity index (χ1v) is 3.78. The summed E-state index contributed by atoms with van der Waals surface area (Å²) < 4.78 is 34.0. The summed E-state index contributed by atoms with van der Waals surface area (Å²) in [5.41, 5.74) is 0. The Bertz CT molecular complexity index is 124. The van der Waals surface area contributed by atoms with Crippen molar-refractivity contribution < 1.29 is 18.0 Å². The Hall–Kier alpha value is 0.1000. The van der Waals surface area contributed by atoms with Crippen LogP contribution in [0.4, 0.5) is 13.2 Å². The summed E-state index contributed by atoms with van der Waals surface area (Å²) in [7, 11) is 0. The van der Waals surface area contributed by atoms with E-state index in [0.29, 0.717) is 11.8 Å². The molecule has 0 saturated carbocycles. The molecule has 0 aliphatic carbocycles. The second-order valence-corrected chi connectivity index (χ2v) is 2.87. The Morgan fingerprint density at radius 3 is 2.30 bits per heavy atom. The molecule has 0 aromatic rings. The van der Waals surface area contributed by atoms with Gasteiger partial charge < -0.3 is 0 Å². The monoisotopic (exact) mass is 192 g/mol. The van der Waals surface area contributed by atoms with Gasteiger partial charge in [-0.15, -0.1) is 11.8 Å².